The maximum Gasteiger partial charge on any atom is 0.309 e. The molecule has 0 radical (unpaired) electrons. The molecule has 2 N–H and O–H groups in total. The van der Waals surface area contributed by atoms with Crippen molar-refractivity contribution in [2.45, 2.75) is 85.0 Å². The van der Waals surface area contributed by atoms with Crippen LogP contribution in [0.4, 0.5) is 4.39 Å². The van der Waals surface area contributed by atoms with Crippen molar-refractivity contribution in [3.05, 3.63) is 40.7 Å². The number of thiazole rings is 1. The van der Waals surface area contributed by atoms with E-state index in [0.29, 0.717) is 18.4 Å². The van der Waals surface area contributed by atoms with Gasteiger partial charge >= 0.3 is 5.97 Å². The highest BCUT2D eigenvalue weighted by molar-refractivity contribution is 7.18. The molecule has 5 atom stereocenters. The minimum Gasteiger partial charge on any atom is -0.457 e. The number of fused-ring (bicyclic) bond motifs is 1. The van der Waals surface area contributed by atoms with Crippen molar-refractivity contribution in [2.24, 2.45) is 17.3 Å². The van der Waals surface area contributed by atoms with Gasteiger partial charge in [0.2, 0.25) is 0 Å². The first-order valence-corrected chi connectivity index (χ1v) is 13.0. The maximum absolute atomic E-state index is 14.6. The van der Waals surface area contributed by atoms with Gasteiger partial charge in [0.05, 0.1) is 45.1 Å². The summed E-state index contributed by atoms with van der Waals surface area (Å²) in [6, 6.07) is 5.60. The average molecular weight is 506 g/mol. The topological polar surface area (TPSA) is 96.7 Å². The number of aromatic nitrogens is 1. The third-order valence-electron chi connectivity index (χ3n) is 7.13. The number of ketones is 1. The largest absolute Gasteiger partial charge is 0.457 e. The molecule has 8 heteroatoms. The zero-order chi connectivity index (χ0) is 25.9. The molecule has 0 fully saturated rings. The Labute approximate surface area is 210 Å². The van der Waals surface area contributed by atoms with Gasteiger partial charge < -0.3 is 14.9 Å². The Hall–Kier alpha value is -2.16. The number of benzene rings is 1. The number of nitrogens with zero attached hydrogens (tertiary/aromatic N) is 1. The average Bonchev–Trinajstić information content (AvgIpc) is 3.18. The number of hydrogen-bond donors (Lipinski definition) is 2. The Bertz CT molecular complexity index is 1090. The fourth-order valence-corrected chi connectivity index (χ4v) is 5.44. The number of aliphatic hydroxyl groups is 2. The van der Waals surface area contributed by atoms with Crippen LogP contribution >= 0.6 is 11.3 Å². The number of rotatable bonds is 1. The number of hydrogen-bond acceptors (Lipinski definition) is 7. The van der Waals surface area contributed by atoms with Gasteiger partial charge in [-0.15, -0.1) is 11.3 Å². The zero-order valence-corrected chi connectivity index (χ0v) is 21.9. The van der Waals surface area contributed by atoms with Crippen LogP contribution in [0.2, 0.25) is 0 Å². The summed E-state index contributed by atoms with van der Waals surface area (Å²) >= 11 is 1.56. The molecule has 3 rings (SSSR count). The van der Waals surface area contributed by atoms with Crippen LogP contribution in [0.3, 0.4) is 0 Å². The lowest BCUT2D eigenvalue weighted by molar-refractivity contribution is -0.155. The number of ether oxygens (including phenoxy) is 1. The first-order chi connectivity index (χ1) is 16.4. The molecule has 0 bridgehead atoms. The lowest BCUT2D eigenvalue weighted by Crippen LogP contribution is -2.45. The van der Waals surface area contributed by atoms with E-state index in [-0.39, 0.29) is 30.4 Å². The summed E-state index contributed by atoms with van der Waals surface area (Å²) in [5.74, 6) is -2.26. The van der Waals surface area contributed by atoms with Crippen molar-refractivity contribution >= 4 is 33.3 Å². The normalized spacial score (nSPS) is 31.1. The van der Waals surface area contributed by atoms with Crippen molar-refractivity contribution in [2.75, 3.05) is 0 Å². The van der Waals surface area contributed by atoms with E-state index in [1.165, 1.54) is 6.08 Å². The third kappa shape index (κ3) is 6.54. The van der Waals surface area contributed by atoms with Crippen LogP contribution < -0.4 is 0 Å². The quantitative estimate of drug-likeness (QED) is 0.490. The first-order valence-electron chi connectivity index (χ1n) is 12.2. The number of aliphatic hydroxyl groups excluding tert-OH is 2. The van der Waals surface area contributed by atoms with Gasteiger partial charge in [0.1, 0.15) is 11.9 Å². The van der Waals surface area contributed by atoms with E-state index in [4.69, 9.17) is 4.74 Å². The summed E-state index contributed by atoms with van der Waals surface area (Å²) in [7, 11) is 0. The molecule has 0 amide bonds. The molecule has 0 spiro atoms. The van der Waals surface area contributed by atoms with E-state index in [1.54, 1.807) is 32.1 Å². The lowest BCUT2D eigenvalue weighted by atomic mass is 9.73. The van der Waals surface area contributed by atoms with Crippen molar-refractivity contribution in [3.8, 4) is 0 Å². The number of aryl methyl sites for hydroxylation is 1. The van der Waals surface area contributed by atoms with Crippen molar-refractivity contribution in [1.29, 1.82) is 0 Å². The standard InChI is InChI=1S/C27H36FNO5S/c1-15-7-6-8-19(28)10-11-21(18-9-12-22-20(13-18)29-17(3)35-22)34-24(31)14-23(30)27(4,5)26(33)16(2)25(15)32/h9-10,12-13,15-16,21,23,25,30,32H,6-8,11,14H2,1-5H3/b19-10+/t15-,16+,21-,23-,25-/m0/s1. The second-order valence-corrected chi connectivity index (χ2v) is 11.5. The Balaban J connectivity index is 1.91. The Kier molecular flexibility index (Phi) is 8.83. The summed E-state index contributed by atoms with van der Waals surface area (Å²) in [5.41, 5.74) is 0.219. The van der Waals surface area contributed by atoms with E-state index in [1.807, 2.05) is 32.0 Å². The molecule has 6 nitrogen and oxygen atoms in total. The Morgan fingerprint density at radius 3 is 2.63 bits per heavy atom. The molecule has 1 aromatic heterocycles. The van der Waals surface area contributed by atoms with Gasteiger partial charge in [-0.2, -0.15) is 0 Å². The van der Waals surface area contributed by atoms with Gasteiger partial charge in [0, 0.05) is 12.3 Å². The minimum absolute atomic E-state index is 0.139. The predicted octanol–water partition coefficient (Wildman–Crippen LogP) is 5.60. The van der Waals surface area contributed by atoms with Gasteiger partial charge in [-0.25, -0.2) is 9.37 Å². The summed E-state index contributed by atoms with van der Waals surface area (Å²) in [4.78, 5) is 30.5. The van der Waals surface area contributed by atoms with Gasteiger partial charge in [-0.3, -0.25) is 9.59 Å². The second kappa shape index (κ2) is 11.3. The second-order valence-electron chi connectivity index (χ2n) is 10.3. The Morgan fingerprint density at radius 1 is 1.20 bits per heavy atom. The summed E-state index contributed by atoms with van der Waals surface area (Å²) in [5, 5.41) is 22.4. The third-order valence-corrected chi connectivity index (χ3v) is 8.08. The molecular weight excluding hydrogens is 469 g/mol. The van der Waals surface area contributed by atoms with Crippen LogP contribution in [0.25, 0.3) is 10.2 Å². The number of carbonyl (C=O) groups is 2. The monoisotopic (exact) mass is 505 g/mol. The first kappa shape index (κ1) is 27.4. The molecule has 0 saturated carbocycles. The van der Waals surface area contributed by atoms with E-state index in [0.717, 1.165) is 15.2 Å². The Morgan fingerprint density at radius 2 is 1.91 bits per heavy atom. The molecule has 0 unspecified atom stereocenters. The van der Waals surface area contributed by atoms with Crippen LogP contribution in [-0.2, 0) is 14.3 Å². The van der Waals surface area contributed by atoms with Crippen LogP contribution in [0.1, 0.15) is 76.5 Å². The highest BCUT2D eigenvalue weighted by Gasteiger charge is 2.42. The van der Waals surface area contributed by atoms with E-state index >= 15 is 0 Å². The van der Waals surface area contributed by atoms with E-state index in [2.05, 4.69) is 4.98 Å². The predicted molar refractivity (Wildman–Crippen MR) is 135 cm³/mol. The highest BCUT2D eigenvalue weighted by Crippen LogP contribution is 2.34. The zero-order valence-electron chi connectivity index (χ0n) is 21.1. The number of Topliss-reactive ketones (excluding diaryl/α,β-unsaturated/α-hetero) is 1. The van der Waals surface area contributed by atoms with Crippen LogP contribution in [-0.4, -0.2) is 39.2 Å². The molecule has 0 aliphatic carbocycles. The summed E-state index contributed by atoms with van der Waals surface area (Å²) in [6.45, 7) is 8.55. The van der Waals surface area contributed by atoms with Gasteiger partial charge in [0.15, 0.2) is 0 Å². The SMILES string of the molecule is Cc1nc2cc([C@@H]3C/C=C(/F)CCC[C@H](C)[C@H](O)[C@@H](C)C(=O)C(C)(C)[C@@H](O)CC(=O)O3)ccc2s1. The van der Waals surface area contributed by atoms with Gasteiger partial charge in [-0.1, -0.05) is 33.8 Å². The van der Waals surface area contributed by atoms with Gasteiger partial charge in [-0.05, 0) is 55.9 Å². The molecule has 1 aliphatic heterocycles. The van der Waals surface area contributed by atoms with Crippen molar-refractivity contribution < 1.29 is 28.9 Å². The van der Waals surface area contributed by atoms with Crippen molar-refractivity contribution in [3.63, 3.8) is 0 Å². The molecule has 2 aromatic rings. The van der Waals surface area contributed by atoms with Crippen LogP contribution in [0, 0.1) is 24.2 Å². The van der Waals surface area contributed by atoms with E-state index < -0.39 is 42.0 Å². The maximum atomic E-state index is 14.6. The molecule has 35 heavy (non-hydrogen) atoms. The molecule has 192 valence electrons. The number of cyclic esters (lactones) is 1. The van der Waals surface area contributed by atoms with Gasteiger partial charge in [0.25, 0.3) is 0 Å². The number of esters is 1. The van der Waals surface area contributed by atoms with E-state index in [9.17, 15) is 24.2 Å². The minimum atomic E-state index is -1.29. The number of allylic oxidation sites excluding steroid dienone is 1. The number of carbonyl (C=O) groups excluding carboxylic acids is 2. The summed E-state index contributed by atoms with van der Waals surface area (Å²) in [6.07, 6.45) is -0.506. The fraction of sp³-hybridized carbons (Fsp3) is 0.593. The highest BCUT2D eigenvalue weighted by atomic mass is 32.1. The lowest BCUT2D eigenvalue weighted by Gasteiger charge is -2.34. The molecule has 0 saturated heterocycles. The smallest absolute Gasteiger partial charge is 0.309 e. The fourth-order valence-electron chi connectivity index (χ4n) is 4.63. The molecule has 2 heterocycles. The van der Waals surface area contributed by atoms with Crippen molar-refractivity contribution in [1.82, 2.24) is 4.98 Å². The molecule has 1 aliphatic rings. The van der Waals surface area contributed by atoms with Crippen LogP contribution in [0.5, 0.6) is 0 Å². The summed E-state index contributed by atoms with van der Waals surface area (Å²) < 4.78 is 21.3. The van der Waals surface area contributed by atoms with Crippen LogP contribution in [0.15, 0.2) is 30.1 Å². The number of halogens is 1. The molecule has 1 aromatic carbocycles. The molecular formula is C27H36FNO5S.